The van der Waals surface area contributed by atoms with Gasteiger partial charge in [-0.05, 0) is 25.1 Å². The summed E-state index contributed by atoms with van der Waals surface area (Å²) in [5.74, 6) is -0.709. The molecule has 0 unspecified atom stereocenters. The first-order valence-electron chi connectivity index (χ1n) is 4.78. The van der Waals surface area contributed by atoms with Crippen LogP contribution in [-0.2, 0) is 0 Å². The summed E-state index contributed by atoms with van der Waals surface area (Å²) in [4.78, 5) is 15.7. The van der Waals surface area contributed by atoms with E-state index in [0.29, 0.717) is 10.7 Å². The van der Waals surface area contributed by atoms with Crippen molar-refractivity contribution in [2.75, 3.05) is 5.32 Å². The zero-order valence-corrected chi connectivity index (χ0v) is 9.65. The molecule has 0 radical (unpaired) electrons. The third kappa shape index (κ3) is 2.57. The highest BCUT2D eigenvalue weighted by atomic mass is 35.5. The number of aromatic nitrogens is 1. The van der Waals surface area contributed by atoms with Crippen molar-refractivity contribution in [3.63, 3.8) is 0 Å². The zero-order chi connectivity index (χ0) is 12.4. The molecule has 17 heavy (non-hydrogen) atoms. The van der Waals surface area contributed by atoms with Gasteiger partial charge in [0.2, 0.25) is 0 Å². The van der Waals surface area contributed by atoms with Crippen molar-refractivity contribution in [3.05, 3.63) is 40.7 Å². The molecule has 1 aromatic heterocycles. The van der Waals surface area contributed by atoms with Gasteiger partial charge < -0.3 is 9.52 Å². The maximum absolute atomic E-state index is 11.7. The number of amides is 1. The van der Waals surface area contributed by atoms with Crippen LogP contribution in [0.15, 0.2) is 28.9 Å². The molecule has 0 aliphatic heterocycles. The van der Waals surface area contributed by atoms with E-state index in [-0.39, 0.29) is 17.3 Å². The summed E-state index contributed by atoms with van der Waals surface area (Å²) in [6, 6.07) is 4.30. The van der Waals surface area contributed by atoms with Gasteiger partial charge in [0, 0.05) is 5.02 Å². The van der Waals surface area contributed by atoms with Crippen LogP contribution in [0, 0.1) is 6.92 Å². The van der Waals surface area contributed by atoms with E-state index in [2.05, 4.69) is 10.3 Å². The number of oxazole rings is 1. The molecule has 0 fully saturated rings. The number of nitrogens with zero attached hydrogens (tertiary/aromatic N) is 1. The summed E-state index contributed by atoms with van der Waals surface area (Å²) in [5, 5.41) is 12.3. The largest absolute Gasteiger partial charge is 0.507 e. The molecule has 1 aromatic carbocycles. The fourth-order valence-electron chi connectivity index (χ4n) is 1.27. The van der Waals surface area contributed by atoms with E-state index in [1.807, 2.05) is 0 Å². The van der Waals surface area contributed by atoms with Crippen LogP contribution in [0.3, 0.4) is 0 Å². The smallest absolute Gasteiger partial charge is 0.301 e. The van der Waals surface area contributed by atoms with Crippen molar-refractivity contribution in [2.45, 2.75) is 6.92 Å². The number of rotatable bonds is 2. The first kappa shape index (κ1) is 11.5. The number of anilines is 1. The van der Waals surface area contributed by atoms with Crippen LogP contribution < -0.4 is 5.32 Å². The molecule has 1 heterocycles. The molecule has 0 bridgehead atoms. The lowest BCUT2D eigenvalue weighted by molar-refractivity contribution is 0.102. The number of phenols is 1. The number of hydrogen-bond donors (Lipinski definition) is 2. The maximum atomic E-state index is 11.7. The van der Waals surface area contributed by atoms with Gasteiger partial charge in [0.1, 0.15) is 12.0 Å². The molecule has 88 valence electrons. The highest BCUT2D eigenvalue weighted by Crippen LogP contribution is 2.22. The van der Waals surface area contributed by atoms with E-state index in [4.69, 9.17) is 16.0 Å². The van der Waals surface area contributed by atoms with Crippen molar-refractivity contribution in [2.24, 2.45) is 0 Å². The van der Waals surface area contributed by atoms with Crippen LogP contribution in [0.4, 0.5) is 6.01 Å². The Labute approximate surface area is 102 Å². The fraction of sp³-hybridized carbons (Fsp3) is 0.0909. The molecule has 0 saturated carbocycles. The minimum atomic E-state index is -0.513. The van der Waals surface area contributed by atoms with Gasteiger partial charge in [-0.15, -0.1) is 0 Å². The van der Waals surface area contributed by atoms with E-state index in [0.717, 1.165) is 0 Å². The number of hydrogen-bond acceptors (Lipinski definition) is 4. The molecule has 0 saturated heterocycles. The summed E-state index contributed by atoms with van der Waals surface area (Å²) in [6.45, 7) is 1.74. The minimum absolute atomic E-state index is 0.0850. The average molecular weight is 253 g/mol. The lowest BCUT2D eigenvalue weighted by Crippen LogP contribution is -2.12. The Balaban J connectivity index is 2.20. The highest BCUT2D eigenvalue weighted by Gasteiger charge is 2.13. The fourth-order valence-corrected chi connectivity index (χ4v) is 1.44. The normalized spacial score (nSPS) is 10.2. The summed E-state index contributed by atoms with van der Waals surface area (Å²) in [5.41, 5.74) is 0.755. The molecular weight excluding hydrogens is 244 g/mol. The van der Waals surface area contributed by atoms with Crippen molar-refractivity contribution < 1.29 is 14.3 Å². The average Bonchev–Trinajstić information content (AvgIpc) is 2.63. The molecule has 2 rings (SSSR count). The van der Waals surface area contributed by atoms with Gasteiger partial charge in [0.15, 0.2) is 0 Å². The third-order valence-corrected chi connectivity index (χ3v) is 2.28. The Hall–Kier alpha value is -2.01. The quantitative estimate of drug-likeness (QED) is 0.861. The van der Waals surface area contributed by atoms with E-state index in [1.54, 1.807) is 6.92 Å². The number of benzene rings is 1. The number of carbonyl (C=O) groups excluding carboxylic acids is 1. The molecule has 2 N–H and O–H groups in total. The second-order valence-electron chi connectivity index (χ2n) is 3.41. The Morgan fingerprint density at radius 1 is 1.53 bits per heavy atom. The third-order valence-electron chi connectivity index (χ3n) is 2.04. The van der Waals surface area contributed by atoms with Crippen LogP contribution in [-0.4, -0.2) is 16.0 Å². The summed E-state index contributed by atoms with van der Waals surface area (Å²) < 4.78 is 4.97. The van der Waals surface area contributed by atoms with Crippen molar-refractivity contribution in [3.8, 4) is 5.75 Å². The van der Waals surface area contributed by atoms with E-state index in [1.165, 1.54) is 24.5 Å². The first-order chi connectivity index (χ1) is 8.06. The molecule has 0 spiro atoms. The molecule has 2 aromatic rings. The number of halogens is 1. The monoisotopic (exact) mass is 252 g/mol. The number of aromatic hydroxyl groups is 1. The molecule has 1 amide bonds. The maximum Gasteiger partial charge on any atom is 0.301 e. The zero-order valence-electron chi connectivity index (χ0n) is 8.90. The number of nitrogens with one attached hydrogen (secondary N) is 1. The van der Waals surface area contributed by atoms with E-state index >= 15 is 0 Å². The Morgan fingerprint density at radius 3 is 2.88 bits per heavy atom. The van der Waals surface area contributed by atoms with Gasteiger partial charge in [-0.25, -0.2) is 0 Å². The van der Waals surface area contributed by atoms with Crippen LogP contribution >= 0.6 is 11.6 Å². The second-order valence-corrected chi connectivity index (χ2v) is 3.85. The summed E-state index contributed by atoms with van der Waals surface area (Å²) in [6.07, 6.45) is 1.41. The summed E-state index contributed by atoms with van der Waals surface area (Å²) in [7, 11) is 0. The number of aryl methyl sites for hydroxylation is 1. The van der Waals surface area contributed by atoms with Gasteiger partial charge in [-0.1, -0.05) is 11.6 Å². The predicted molar refractivity (Wildman–Crippen MR) is 62.3 cm³/mol. The Kier molecular flexibility index (Phi) is 3.01. The highest BCUT2D eigenvalue weighted by molar-refractivity contribution is 6.30. The van der Waals surface area contributed by atoms with Crippen LogP contribution in [0.1, 0.15) is 16.1 Å². The molecule has 0 aliphatic carbocycles. The van der Waals surface area contributed by atoms with Crippen LogP contribution in [0.25, 0.3) is 0 Å². The Bertz CT molecular complexity index is 566. The Morgan fingerprint density at radius 2 is 2.29 bits per heavy atom. The van der Waals surface area contributed by atoms with Gasteiger partial charge in [-0.2, -0.15) is 4.98 Å². The molecule has 6 heteroatoms. The topological polar surface area (TPSA) is 75.4 Å². The van der Waals surface area contributed by atoms with E-state index in [9.17, 15) is 9.90 Å². The van der Waals surface area contributed by atoms with Crippen molar-refractivity contribution in [1.82, 2.24) is 4.98 Å². The van der Waals surface area contributed by atoms with Gasteiger partial charge in [-0.3, -0.25) is 10.1 Å². The lowest BCUT2D eigenvalue weighted by Gasteiger charge is -2.03. The van der Waals surface area contributed by atoms with Crippen LogP contribution in [0.2, 0.25) is 5.02 Å². The van der Waals surface area contributed by atoms with Crippen molar-refractivity contribution >= 4 is 23.5 Å². The first-order valence-corrected chi connectivity index (χ1v) is 5.16. The number of carbonyl (C=O) groups is 1. The molecule has 5 nitrogen and oxygen atoms in total. The lowest BCUT2D eigenvalue weighted by atomic mass is 10.2. The molecule has 0 atom stereocenters. The number of phenolic OH excluding ortho intramolecular Hbond substituents is 1. The SMILES string of the molecule is Cc1coc(NC(=O)c2ccc(Cl)cc2O)n1. The van der Waals surface area contributed by atoms with Crippen LogP contribution in [0.5, 0.6) is 5.75 Å². The summed E-state index contributed by atoms with van der Waals surface area (Å²) >= 11 is 5.66. The molecular formula is C11H9ClN2O3. The van der Waals surface area contributed by atoms with Gasteiger partial charge in [0.25, 0.3) is 5.91 Å². The van der Waals surface area contributed by atoms with Crippen molar-refractivity contribution in [1.29, 1.82) is 0 Å². The van der Waals surface area contributed by atoms with Gasteiger partial charge >= 0.3 is 6.01 Å². The second kappa shape index (κ2) is 4.47. The standard InChI is InChI=1S/C11H9ClN2O3/c1-6-5-17-11(13-6)14-10(16)8-3-2-7(12)4-9(8)15/h2-5,15H,1H3,(H,13,14,16). The molecule has 0 aliphatic rings. The van der Waals surface area contributed by atoms with Gasteiger partial charge in [0.05, 0.1) is 11.3 Å². The van der Waals surface area contributed by atoms with E-state index < -0.39 is 5.91 Å². The minimum Gasteiger partial charge on any atom is -0.507 e. The predicted octanol–water partition coefficient (Wildman–Crippen LogP) is 2.59.